The van der Waals surface area contributed by atoms with Crippen LogP contribution < -0.4 is 0 Å². The topological polar surface area (TPSA) is 169 Å². The fourth-order valence-electron chi connectivity index (χ4n) is 6.53. The van der Waals surface area contributed by atoms with Gasteiger partial charge in [-0.2, -0.15) is 0 Å². The number of fused-ring (bicyclic) bond motifs is 8. The quantitative estimate of drug-likeness (QED) is 0.170. The van der Waals surface area contributed by atoms with Gasteiger partial charge < -0.3 is 25.3 Å². The SMILES string of the molecule is C=Cc1c(C)c2cc3nc(c(CC(=O)O)c4nc(cc5[nH]c(cc1[nH]2)c(C)c5CC)C(C)=C4C(=O)O)[C@@H](CCC(=O)O)[C@@H]3C.[Zn+2]. The van der Waals surface area contributed by atoms with E-state index in [1.165, 1.54) is 0 Å². The zero-order chi connectivity index (χ0) is 32.0. The molecule has 2 atom stereocenters. The summed E-state index contributed by atoms with van der Waals surface area (Å²) in [5, 5.41) is 29.9. The van der Waals surface area contributed by atoms with Crippen molar-refractivity contribution < 1.29 is 49.2 Å². The molecule has 228 valence electrons. The number of aromatic amines is 2. The van der Waals surface area contributed by atoms with Crippen molar-refractivity contribution in [3.63, 3.8) is 0 Å². The van der Waals surface area contributed by atoms with E-state index in [9.17, 15) is 29.7 Å². The molecular weight excluding hydrogens is 626 g/mol. The third-order valence-electron chi connectivity index (χ3n) is 8.94. The van der Waals surface area contributed by atoms with Gasteiger partial charge in [-0.25, -0.2) is 9.78 Å². The maximum absolute atomic E-state index is 12.7. The number of hydrogen-bond acceptors (Lipinski definition) is 5. The number of rotatable bonds is 8. The Labute approximate surface area is 273 Å². The van der Waals surface area contributed by atoms with Crippen molar-refractivity contribution in [2.45, 2.75) is 72.1 Å². The van der Waals surface area contributed by atoms with E-state index in [2.05, 4.69) is 16.5 Å². The number of carbonyl (C=O) groups is 3. The van der Waals surface area contributed by atoms with Crippen molar-refractivity contribution in [1.29, 1.82) is 0 Å². The Bertz CT molecular complexity index is 1950. The predicted octanol–water partition coefficient (Wildman–Crippen LogP) is 6.53. The van der Waals surface area contributed by atoms with Crippen LogP contribution in [0.1, 0.15) is 96.0 Å². The molecule has 0 spiro atoms. The Balaban J connectivity index is 0.00000461. The minimum absolute atomic E-state index is 0. The van der Waals surface area contributed by atoms with Crippen LogP contribution in [0.4, 0.5) is 0 Å². The molecule has 0 saturated heterocycles. The summed E-state index contributed by atoms with van der Waals surface area (Å²) in [6.45, 7) is 13.7. The van der Waals surface area contributed by atoms with Gasteiger partial charge in [-0.3, -0.25) is 14.6 Å². The monoisotopic (exact) mass is 660 g/mol. The minimum Gasteiger partial charge on any atom is -0.481 e. The Morgan fingerprint density at radius 2 is 1.58 bits per heavy atom. The third kappa shape index (κ3) is 6.01. The van der Waals surface area contributed by atoms with Gasteiger partial charge in [-0.15, -0.1) is 0 Å². The number of hydrogen-bond donors (Lipinski definition) is 5. The molecule has 10 nitrogen and oxygen atoms in total. The predicted molar refractivity (Wildman–Crippen MR) is 169 cm³/mol. The van der Waals surface area contributed by atoms with Crippen molar-refractivity contribution in [1.82, 2.24) is 19.9 Å². The molecular formula is C34H36N4O6Zn+2. The zero-order valence-corrected chi connectivity index (χ0v) is 29.1. The van der Waals surface area contributed by atoms with Gasteiger partial charge in [-0.05, 0) is 74.1 Å². The Morgan fingerprint density at radius 3 is 2.18 bits per heavy atom. The first-order chi connectivity index (χ1) is 20.9. The van der Waals surface area contributed by atoms with E-state index >= 15 is 0 Å². The molecule has 5 heterocycles. The average molecular weight is 662 g/mol. The number of aromatic nitrogens is 4. The summed E-state index contributed by atoms with van der Waals surface area (Å²) in [6, 6.07) is 5.75. The molecule has 45 heavy (non-hydrogen) atoms. The van der Waals surface area contributed by atoms with Crippen LogP contribution in [0.3, 0.4) is 0 Å². The van der Waals surface area contributed by atoms with Gasteiger partial charge in [0.1, 0.15) is 0 Å². The van der Waals surface area contributed by atoms with Crippen LogP contribution in [0, 0.1) is 13.8 Å². The van der Waals surface area contributed by atoms with E-state index in [1.54, 1.807) is 13.0 Å². The van der Waals surface area contributed by atoms with E-state index in [0.29, 0.717) is 29.1 Å². The number of carboxylic acid groups (broad SMARTS) is 3. The average Bonchev–Trinajstić information content (AvgIpc) is 3.63. The van der Waals surface area contributed by atoms with Crippen LogP contribution in [0.2, 0.25) is 0 Å². The number of carboxylic acids is 3. The van der Waals surface area contributed by atoms with E-state index in [1.807, 2.05) is 45.9 Å². The van der Waals surface area contributed by atoms with Crippen LogP contribution in [0.25, 0.3) is 39.3 Å². The van der Waals surface area contributed by atoms with Gasteiger partial charge in [-0.1, -0.05) is 26.5 Å². The summed E-state index contributed by atoms with van der Waals surface area (Å²) >= 11 is 0. The summed E-state index contributed by atoms with van der Waals surface area (Å²) in [5.41, 5.74) is 9.23. The summed E-state index contributed by atoms with van der Waals surface area (Å²) in [5.74, 6) is -4.13. The van der Waals surface area contributed by atoms with Crippen molar-refractivity contribution >= 4 is 57.2 Å². The molecule has 8 bridgehead atoms. The fraction of sp³-hybridized carbons (Fsp3) is 0.324. The molecule has 11 heteroatoms. The van der Waals surface area contributed by atoms with E-state index in [4.69, 9.17) is 9.97 Å². The van der Waals surface area contributed by atoms with Gasteiger partial charge >= 0.3 is 37.4 Å². The minimum atomic E-state index is -1.23. The van der Waals surface area contributed by atoms with Crippen LogP contribution in [0.15, 0.2) is 24.8 Å². The molecule has 0 unspecified atom stereocenters. The van der Waals surface area contributed by atoms with Crippen LogP contribution in [-0.4, -0.2) is 53.2 Å². The van der Waals surface area contributed by atoms with Gasteiger partial charge in [0.05, 0.1) is 29.1 Å². The van der Waals surface area contributed by atoms with Gasteiger partial charge in [0, 0.05) is 57.1 Å². The van der Waals surface area contributed by atoms with Gasteiger partial charge in [0.15, 0.2) is 0 Å². The molecule has 0 radical (unpaired) electrons. The first-order valence-corrected chi connectivity index (χ1v) is 14.6. The number of allylic oxidation sites excluding steroid dienone is 1. The number of aliphatic carboxylic acids is 3. The number of aryl methyl sites for hydroxylation is 3. The molecule has 0 fully saturated rings. The Morgan fingerprint density at radius 1 is 0.911 bits per heavy atom. The first kappa shape index (κ1) is 33.5. The van der Waals surface area contributed by atoms with Crippen LogP contribution >= 0.6 is 0 Å². The molecule has 0 saturated carbocycles. The second-order valence-corrected chi connectivity index (χ2v) is 11.5. The second kappa shape index (κ2) is 12.9. The summed E-state index contributed by atoms with van der Waals surface area (Å²) in [6.07, 6.45) is 2.03. The standard InChI is InChI=1S/C34H36N4O6.Zn/c1-7-19-15(3)23-12-25-17(5)21(9-10-29(39)40)32(37-25)22(11-30(41)42)33-31(34(43)44)18(6)26(38-33)14-28-20(8-2)16(4)24(36-28)13-27(19)35-23;/h7,12-14,17,21,35-36H,1,8-11H2,2-6H3,(H,39,40)(H,41,42)(H,43,44);/q;+2/t17-,21-;/m0./s1. The Hall–Kier alpha value is -4.37. The molecule has 5 rings (SSSR count). The summed E-state index contributed by atoms with van der Waals surface area (Å²) in [7, 11) is 0. The Kier molecular flexibility index (Phi) is 9.63. The van der Waals surface area contributed by atoms with Crippen LogP contribution in [-0.2, 0) is 46.7 Å². The fourth-order valence-corrected chi connectivity index (χ4v) is 6.53. The normalized spacial score (nSPS) is 15.9. The number of H-pyrrole nitrogens is 2. The number of nitrogens with one attached hydrogen (secondary N) is 2. The summed E-state index contributed by atoms with van der Waals surface area (Å²) < 4.78 is 0. The van der Waals surface area contributed by atoms with Crippen molar-refractivity contribution in [2.24, 2.45) is 0 Å². The van der Waals surface area contributed by atoms with Crippen LogP contribution in [0.5, 0.6) is 0 Å². The number of nitrogens with zero attached hydrogens (tertiary/aromatic N) is 2. The maximum Gasteiger partial charge on any atom is 2.00 e. The van der Waals surface area contributed by atoms with Gasteiger partial charge in [0.2, 0.25) is 0 Å². The maximum atomic E-state index is 12.7. The third-order valence-corrected chi connectivity index (χ3v) is 8.94. The molecule has 0 aliphatic carbocycles. The van der Waals surface area contributed by atoms with Gasteiger partial charge in [0.25, 0.3) is 0 Å². The second-order valence-electron chi connectivity index (χ2n) is 11.5. The largest absolute Gasteiger partial charge is 2.00 e. The van der Waals surface area contributed by atoms with E-state index in [0.717, 1.165) is 44.3 Å². The molecule has 5 N–H and O–H groups in total. The first-order valence-electron chi connectivity index (χ1n) is 14.6. The molecule has 2 aliphatic heterocycles. The molecule has 3 aromatic rings. The molecule has 0 aromatic carbocycles. The smallest absolute Gasteiger partial charge is 0.481 e. The van der Waals surface area contributed by atoms with Crippen molar-refractivity contribution in [2.75, 3.05) is 0 Å². The zero-order valence-electron chi connectivity index (χ0n) is 26.2. The van der Waals surface area contributed by atoms with Crippen molar-refractivity contribution in [3.8, 4) is 0 Å². The molecule has 2 aliphatic rings. The summed E-state index contributed by atoms with van der Waals surface area (Å²) in [4.78, 5) is 53.2. The molecule has 3 aromatic heterocycles. The van der Waals surface area contributed by atoms with E-state index < -0.39 is 30.2 Å². The molecule has 0 amide bonds. The van der Waals surface area contributed by atoms with Crippen molar-refractivity contribution in [3.05, 3.63) is 75.4 Å². The van der Waals surface area contributed by atoms with E-state index in [-0.39, 0.29) is 55.1 Å².